The van der Waals surface area contributed by atoms with E-state index in [0.29, 0.717) is 16.7 Å². The number of carbonyl (C=O) groups is 1. The summed E-state index contributed by atoms with van der Waals surface area (Å²) in [7, 11) is 0. The first-order chi connectivity index (χ1) is 12.3. The van der Waals surface area contributed by atoms with Crippen LogP contribution in [0.4, 0.5) is 0 Å². The third kappa shape index (κ3) is 1.42. The first kappa shape index (κ1) is 16.4. The van der Waals surface area contributed by atoms with E-state index in [1.54, 1.807) is 0 Å². The molecular weight excluding hydrogens is 320 g/mol. The van der Waals surface area contributed by atoms with E-state index < -0.39 is 11.4 Å². The normalized spacial score (nSPS) is 64.2. The molecule has 7 saturated carbocycles. The van der Waals surface area contributed by atoms with Crippen LogP contribution in [0.3, 0.4) is 0 Å². The van der Waals surface area contributed by atoms with Gasteiger partial charge < -0.3 is 5.11 Å². The van der Waals surface area contributed by atoms with E-state index in [2.05, 4.69) is 27.7 Å². The number of fused-ring (bicyclic) bond motifs is 1. The summed E-state index contributed by atoms with van der Waals surface area (Å²) in [6, 6.07) is 0. The van der Waals surface area contributed by atoms with Gasteiger partial charge in [0.2, 0.25) is 0 Å². The van der Waals surface area contributed by atoms with Crippen LogP contribution in [-0.4, -0.2) is 11.1 Å². The molecule has 1 N–H and O–H groups in total. The molecule has 144 valence electrons. The molecule has 0 aromatic carbocycles. The molecule has 0 amide bonds. The first-order valence-corrected chi connectivity index (χ1v) is 11.5. The van der Waals surface area contributed by atoms with Gasteiger partial charge in [0.15, 0.2) is 0 Å². The maximum absolute atomic E-state index is 12.3. The molecule has 6 bridgehead atoms. The van der Waals surface area contributed by atoms with Gasteiger partial charge in [-0.1, -0.05) is 27.2 Å². The molecule has 7 fully saturated rings. The number of rotatable bonds is 2. The minimum absolute atomic E-state index is 0.291. The van der Waals surface area contributed by atoms with Gasteiger partial charge in [-0.05, 0) is 110 Å². The monoisotopic (exact) mass is 356 g/mol. The van der Waals surface area contributed by atoms with Crippen molar-refractivity contribution in [3.05, 3.63) is 0 Å². The number of carboxylic acid groups (broad SMARTS) is 1. The Hall–Kier alpha value is -0.530. The molecule has 0 heterocycles. The highest BCUT2D eigenvalue weighted by atomic mass is 16.4. The third-order valence-corrected chi connectivity index (χ3v) is 11.8. The Morgan fingerprint density at radius 3 is 2.50 bits per heavy atom. The molecule has 8 unspecified atom stereocenters. The lowest BCUT2D eigenvalue weighted by Gasteiger charge is -2.86. The summed E-state index contributed by atoms with van der Waals surface area (Å²) < 4.78 is 0. The molecule has 0 aromatic rings. The van der Waals surface area contributed by atoms with Gasteiger partial charge >= 0.3 is 5.97 Å². The number of aliphatic carboxylic acids is 1. The number of carboxylic acids is 1. The summed E-state index contributed by atoms with van der Waals surface area (Å²) in [5.74, 6) is 7.50. The van der Waals surface area contributed by atoms with E-state index in [9.17, 15) is 9.90 Å². The minimum atomic E-state index is -0.514. The van der Waals surface area contributed by atoms with Gasteiger partial charge in [0.25, 0.3) is 0 Å². The zero-order valence-electron chi connectivity index (χ0n) is 17.0. The maximum Gasteiger partial charge on any atom is 0.309 e. The summed E-state index contributed by atoms with van der Waals surface area (Å²) in [5, 5.41) is 10.1. The van der Waals surface area contributed by atoms with Gasteiger partial charge in [-0.25, -0.2) is 0 Å². The van der Waals surface area contributed by atoms with Crippen LogP contribution in [0.1, 0.15) is 72.6 Å². The Balaban J connectivity index is 1.43. The second kappa shape index (κ2) is 4.54. The highest BCUT2D eigenvalue weighted by Gasteiger charge is 2.82. The van der Waals surface area contributed by atoms with Crippen molar-refractivity contribution < 1.29 is 9.90 Å². The largest absolute Gasteiger partial charge is 0.481 e. The van der Waals surface area contributed by atoms with Crippen molar-refractivity contribution in [3.63, 3.8) is 0 Å². The molecule has 11 atom stereocenters. The van der Waals surface area contributed by atoms with Gasteiger partial charge in [-0.3, -0.25) is 4.79 Å². The molecule has 2 nitrogen and oxygen atoms in total. The van der Waals surface area contributed by atoms with E-state index in [1.807, 2.05) is 0 Å². The molecule has 0 saturated heterocycles. The molecule has 26 heavy (non-hydrogen) atoms. The fraction of sp³-hybridized carbons (Fsp3) is 0.958. The van der Waals surface area contributed by atoms with E-state index in [1.165, 1.54) is 32.1 Å². The fourth-order valence-electron chi connectivity index (χ4n) is 11.1. The van der Waals surface area contributed by atoms with Crippen molar-refractivity contribution in [3.8, 4) is 0 Å². The lowest BCUT2D eigenvalue weighted by molar-refractivity contribution is -0.387. The van der Waals surface area contributed by atoms with Crippen LogP contribution in [0.15, 0.2) is 0 Å². The average Bonchev–Trinajstić information content (AvgIpc) is 2.55. The van der Waals surface area contributed by atoms with Crippen molar-refractivity contribution in [2.24, 2.45) is 69.5 Å². The van der Waals surface area contributed by atoms with Crippen LogP contribution >= 0.6 is 0 Å². The molecule has 0 radical (unpaired) electrons. The Bertz CT molecular complexity index is 682. The lowest BCUT2D eigenvalue weighted by Crippen LogP contribution is -2.81. The Kier molecular flexibility index (Phi) is 2.87. The molecule has 0 aliphatic heterocycles. The Morgan fingerprint density at radius 2 is 1.81 bits per heavy atom. The molecule has 7 aliphatic carbocycles. The van der Waals surface area contributed by atoms with Gasteiger partial charge in [0.1, 0.15) is 0 Å². The maximum atomic E-state index is 12.3. The standard InChI is InChI=1S/C24H36O2/c1-12(2)24-11-15-14-10-16(24)18(14)20-13(19(15)24)6-7-17-22(20,3)8-5-9-23(17,4)21(25)26/h12-20H,5-11H2,1-4H3,(H,25,26)/t13?,14-,15?,16?,17?,18+,19?,20?,22?,23?,24-/m0/s1. The topological polar surface area (TPSA) is 37.3 Å². The smallest absolute Gasteiger partial charge is 0.309 e. The molecule has 7 aliphatic rings. The van der Waals surface area contributed by atoms with Gasteiger partial charge in [-0.2, -0.15) is 0 Å². The van der Waals surface area contributed by atoms with Crippen LogP contribution in [0.5, 0.6) is 0 Å². The van der Waals surface area contributed by atoms with Crippen molar-refractivity contribution in [2.45, 2.75) is 72.6 Å². The minimum Gasteiger partial charge on any atom is -0.481 e. The van der Waals surface area contributed by atoms with Gasteiger partial charge in [0.05, 0.1) is 5.41 Å². The van der Waals surface area contributed by atoms with Crippen LogP contribution < -0.4 is 0 Å². The van der Waals surface area contributed by atoms with Gasteiger partial charge in [-0.15, -0.1) is 0 Å². The summed E-state index contributed by atoms with van der Waals surface area (Å²) in [6.07, 6.45) is 8.90. The van der Waals surface area contributed by atoms with Crippen LogP contribution in [-0.2, 0) is 4.79 Å². The molecule has 2 heteroatoms. The van der Waals surface area contributed by atoms with Crippen molar-refractivity contribution in [2.75, 3.05) is 0 Å². The SMILES string of the molecule is CC(C)[C@]12CC3C1C1CCC4C(C)(C(=O)O)CCCC4(C)C1[C@H]1C2C[C@@H]31. The molecular formula is C24H36O2. The Labute approximate surface area is 158 Å². The van der Waals surface area contributed by atoms with Gasteiger partial charge in [0, 0.05) is 0 Å². The van der Waals surface area contributed by atoms with E-state index >= 15 is 0 Å². The van der Waals surface area contributed by atoms with Crippen molar-refractivity contribution in [1.29, 1.82) is 0 Å². The first-order valence-electron chi connectivity index (χ1n) is 11.5. The zero-order chi connectivity index (χ0) is 18.2. The zero-order valence-corrected chi connectivity index (χ0v) is 17.0. The predicted molar refractivity (Wildman–Crippen MR) is 101 cm³/mol. The number of hydrogen-bond donors (Lipinski definition) is 1. The van der Waals surface area contributed by atoms with E-state index in [4.69, 9.17) is 0 Å². The molecule has 0 spiro atoms. The number of hydrogen-bond acceptors (Lipinski definition) is 1. The summed E-state index contributed by atoms with van der Waals surface area (Å²) >= 11 is 0. The highest BCUT2D eigenvalue weighted by Crippen LogP contribution is 2.87. The van der Waals surface area contributed by atoms with Crippen LogP contribution in [0, 0.1) is 69.5 Å². The summed E-state index contributed by atoms with van der Waals surface area (Å²) in [5.41, 5.74) is 0.496. The van der Waals surface area contributed by atoms with Crippen LogP contribution in [0.2, 0.25) is 0 Å². The third-order valence-electron chi connectivity index (χ3n) is 11.8. The summed E-state index contributed by atoms with van der Waals surface area (Å²) in [6.45, 7) is 9.65. The fourth-order valence-corrected chi connectivity index (χ4v) is 11.1. The summed E-state index contributed by atoms with van der Waals surface area (Å²) in [4.78, 5) is 12.3. The highest BCUT2D eigenvalue weighted by molar-refractivity contribution is 5.75. The molecule has 7 rings (SSSR count). The van der Waals surface area contributed by atoms with Crippen LogP contribution in [0.25, 0.3) is 0 Å². The molecule has 0 aromatic heterocycles. The second-order valence-electron chi connectivity index (χ2n) is 12.1. The Morgan fingerprint density at radius 1 is 1.04 bits per heavy atom. The van der Waals surface area contributed by atoms with Crippen molar-refractivity contribution in [1.82, 2.24) is 0 Å². The average molecular weight is 357 g/mol. The lowest BCUT2D eigenvalue weighted by atomic mass is 9.18. The van der Waals surface area contributed by atoms with E-state index in [-0.39, 0.29) is 0 Å². The predicted octanol–water partition coefficient (Wildman–Crippen LogP) is 5.47. The second-order valence-corrected chi connectivity index (χ2v) is 12.1. The quantitative estimate of drug-likeness (QED) is 0.712. The van der Waals surface area contributed by atoms with Crippen molar-refractivity contribution >= 4 is 5.97 Å². The van der Waals surface area contributed by atoms with E-state index in [0.717, 1.165) is 60.2 Å².